The van der Waals surface area contributed by atoms with Crippen LogP contribution in [0.3, 0.4) is 0 Å². The van der Waals surface area contributed by atoms with E-state index in [1.165, 1.54) is 4.31 Å². The van der Waals surface area contributed by atoms with Crippen LogP contribution in [0.1, 0.15) is 27.0 Å². The highest BCUT2D eigenvalue weighted by Crippen LogP contribution is 2.23. The van der Waals surface area contributed by atoms with Crippen LogP contribution in [0.5, 0.6) is 0 Å². The van der Waals surface area contributed by atoms with Crippen LogP contribution in [0, 0.1) is 13.8 Å². The molecular formula is C20H26ClN3O3S. The highest BCUT2D eigenvalue weighted by atomic mass is 35.5. The van der Waals surface area contributed by atoms with Crippen molar-refractivity contribution in [3.63, 3.8) is 0 Å². The van der Waals surface area contributed by atoms with Crippen molar-refractivity contribution in [1.82, 2.24) is 9.21 Å². The molecular weight excluding hydrogens is 398 g/mol. The van der Waals surface area contributed by atoms with Gasteiger partial charge in [0.05, 0.1) is 4.90 Å². The zero-order valence-corrected chi connectivity index (χ0v) is 17.7. The van der Waals surface area contributed by atoms with E-state index in [1.54, 1.807) is 30.0 Å². The first kappa shape index (κ1) is 22.4. The number of sulfonamides is 1. The Bertz CT molecular complexity index is 938. The SMILES string of the molecule is Cc1ccc(C)c(S(=O)(=O)N2CCN(C(=O)c3ccc(CN)cc3)CC2)c1.Cl. The molecule has 1 heterocycles. The van der Waals surface area contributed by atoms with Gasteiger partial charge in [-0.05, 0) is 48.7 Å². The maximum Gasteiger partial charge on any atom is 0.253 e. The van der Waals surface area contributed by atoms with E-state index in [-0.39, 0.29) is 18.3 Å². The Labute approximate surface area is 172 Å². The Balaban J connectivity index is 0.00000280. The first-order valence-corrected chi connectivity index (χ1v) is 10.4. The second-order valence-electron chi connectivity index (χ2n) is 6.87. The van der Waals surface area contributed by atoms with Crippen LogP contribution < -0.4 is 5.73 Å². The summed E-state index contributed by atoms with van der Waals surface area (Å²) in [7, 11) is -3.56. The van der Waals surface area contributed by atoms with Crippen molar-refractivity contribution in [2.75, 3.05) is 26.2 Å². The molecule has 0 bridgehead atoms. The maximum absolute atomic E-state index is 13.0. The minimum absolute atomic E-state index is 0. The Morgan fingerprint density at radius 2 is 1.61 bits per heavy atom. The van der Waals surface area contributed by atoms with Crippen LogP contribution in [0.25, 0.3) is 0 Å². The molecule has 1 saturated heterocycles. The summed E-state index contributed by atoms with van der Waals surface area (Å²) < 4.78 is 27.4. The van der Waals surface area contributed by atoms with Gasteiger partial charge in [-0.25, -0.2) is 8.42 Å². The zero-order valence-electron chi connectivity index (χ0n) is 16.1. The summed E-state index contributed by atoms with van der Waals surface area (Å²) in [5.41, 5.74) is 8.80. The van der Waals surface area contributed by atoms with Gasteiger partial charge in [0.2, 0.25) is 10.0 Å². The number of carbonyl (C=O) groups excluding carboxylic acids is 1. The van der Waals surface area contributed by atoms with Crippen molar-refractivity contribution in [2.24, 2.45) is 5.73 Å². The monoisotopic (exact) mass is 423 g/mol. The van der Waals surface area contributed by atoms with Gasteiger partial charge in [0.25, 0.3) is 5.91 Å². The Morgan fingerprint density at radius 3 is 2.18 bits per heavy atom. The average molecular weight is 424 g/mol. The van der Waals surface area contributed by atoms with Gasteiger partial charge in [0.1, 0.15) is 0 Å². The third-order valence-electron chi connectivity index (χ3n) is 4.92. The first-order valence-electron chi connectivity index (χ1n) is 8.98. The molecule has 2 aromatic rings. The third-order valence-corrected chi connectivity index (χ3v) is 6.96. The van der Waals surface area contributed by atoms with E-state index >= 15 is 0 Å². The number of nitrogens with two attached hydrogens (primary N) is 1. The molecule has 6 nitrogen and oxygen atoms in total. The molecule has 0 radical (unpaired) electrons. The number of hydrogen-bond acceptors (Lipinski definition) is 4. The van der Waals surface area contributed by atoms with Crippen molar-refractivity contribution >= 4 is 28.3 Å². The number of carbonyl (C=O) groups is 1. The molecule has 1 amide bonds. The van der Waals surface area contributed by atoms with Crippen molar-refractivity contribution < 1.29 is 13.2 Å². The fourth-order valence-electron chi connectivity index (χ4n) is 3.22. The van der Waals surface area contributed by atoms with E-state index in [2.05, 4.69) is 0 Å². The summed E-state index contributed by atoms with van der Waals surface area (Å²) in [5.74, 6) is -0.0812. The summed E-state index contributed by atoms with van der Waals surface area (Å²) >= 11 is 0. The fourth-order valence-corrected chi connectivity index (χ4v) is 4.95. The standard InChI is InChI=1S/C20H25N3O3S.ClH/c1-15-3-4-16(2)19(13-15)27(25,26)23-11-9-22(10-12-23)20(24)18-7-5-17(14-21)6-8-18;/h3-8,13H,9-12,14,21H2,1-2H3;1H. The predicted octanol–water partition coefficient (Wildman–Crippen LogP) is 2.33. The lowest BCUT2D eigenvalue weighted by atomic mass is 10.1. The van der Waals surface area contributed by atoms with Crippen LogP contribution in [-0.4, -0.2) is 49.7 Å². The molecule has 8 heteroatoms. The van der Waals surface area contributed by atoms with E-state index in [0.717, 1.165) is 16.7 Å². The first-order chi connectivity index (χ1) is 12.8. The van der Waals surface area contributed by atoms with Gasteiger partial charge < -0.3 is 10.6 Å². The molecule has 0 atom stereocenters. The smallest absolute Gasteiger partial charge is 0.253 e. The third kappa shape index (κ3) is 4.55. The molecule has 1 aliphatic heterocycles. The molecule has 3 rings (SSSR count). The van der Waals surface area contributed by atoms with Gasteiger partial charge in [-0.1, -0.05) is 24.3 Å². The molecule has 2 aromatic carbocycles. The quantitative estimate of drug-likeness (QED) is 0.817. The highest BCUT2D eigenvalue weighted by Gasteiger charge is 2.31. The Hall–Kier alpha value is -1.93. The topological polar surface area (TPSA) is 83.7 Å². The molecule has 28 heavy (non-hydrogen) atoms. The van der Waals surface area contributed by atoms with E-state index in [4.69, 9.17) is 5.73 Å². The summed E-state index contributed by atoms with van der Waals surface area (Å²) in [6.45, 7) is 5.46. The van der Waals surface area contributed by atoms with Crippen LogP contribution in [-0.2, 0) is 16.6 Å². The molecule has 1 aliphatic rings. The summed E-state index contributed by atoms with van der Waals surface area (Å²) in [4.78, 5) is 14.7. The fraction of sp³-hybridized carbons (Fsp3) is 0.350. The lowest BCUT2D eigenvalue weighted by Crippen LogP contribution is -2.50. The molecule has 0 spiro atoms. The van der Waals surface area contributed by atoms with Crippen molar-refractivity contribution in [3.8, 4) is 0 Å². The number of rotatable bonds is 4. The number of amides is 1. The summed E-state index contributed by atoms with van der Waals surface area (Å²) in [5, 5.41) is 0. The highest BCUT2D eigenvalue weighted by molar-refractivity contribution is 7.89. The number of piperazine rings is 1. The van der Waals surface area contributed by atoms with Gasteiger partial charge >= 0.3 is 0 Å². The largest absolute Gasteiger partial charge is 0.336 e. The number of benzene rings is 2. The van der Waals surface area contributed by atoms with Crippen molar-refractivity contribution in [2.45, 2.75) is 25.3 Å². The number of halogens is 1. The molecule has 1 fully saturated rings. The second kappa shape index (κ2) is 9.05. The average Bonchev–Trinajstić information content (AvgIpc) is 2.69. The predicted molar refractivity (Wildman–Crippen MR) is 112 cm³/mol. The van der Waals surface area contributed by atoms with E-state index in [9.17, 15) is 13.2 Å². The van der Waals surface area contributed by atoms with Crippen LogP contribution in [0.2, 0.25) is 0 Å². The zero-order chi connectivity index (χ0) is 19.6. The number of hydrogen-bond donors (Lipinski definition) is 1. The van der Waals surface area contributed by atoms with Crippen LogP contribution in [0.4, 0.5) is 0 Å². The number of aryl methyl sites for hydroxylation is 2. The van der Waals surface area contributed by atoms with Crippen LogP contribution >= 0.6 is 12.4 Å². The minimum atomic E-state index is -3.56. The van der Waals surface area contributed by atoms with Crippen molar-refractivity contribution in [1.29, 1.82) is 0 Å². The molecule has 0 saturated carbocycles. The van der Waals surface area contributed by atoms with Gasteiger partial charge in [-0.2, -0.15) is 4.31 Å². The molecule has 0 aliphatic carbocycles. The minimum Gasteiger partial charge on any atom is -0.336 e. The van der Waals surface area contributed by atoms with Gasteiger partial charge in [-0.15, -0.1) is 12.4 Å². The Kier molecular flexibility index (Phi) is 7.22. The normalized spacial score (nSPS) is 15.2. The van der Waals surface area contributed by atoms with Gasteiger partial charge in [0, 0.05) is 38.3 Å². The van der Waals surface area contributed by atoms with E-state index in [1.807, 2.05) is 31.2 Å². The summed E-state index contributed by atoms with van der Waals surface area (Å²) in [6.07, 6.45) is 0. The van der Waals surface area contributed by atoms with Gasteiger partial charge in [0.15, 0.2) is 0 Å². The molecule has 0 unspecified atom stereocenters. The molecule has 0 aromatic heterocycles. The molecule has 152 valence electrons. The van der Waals surface area contributed by atoms with Gasteiger partial charge in [-0.3, -0.25) is 4.79 Å². The lowest BCUT2D eigenvalue weighted by Gasteiger charge is -2.34. The molecule has 2 N–H and O–H groups in total. The van der Waals surface area contributed by atoms with Crippen LogP contribution in [0.15, 0.2) is 47.4 Å². The lowest BCUT2D eigenvalue weighted by molar-refractivity contribution is 0.0698. The summed E-state index contributed by atoms with van der Waals surface area (Å²) in [6, 6.07) is 12.7. The second-order valence-corrected chi connectivity index (χ2v) is 8.77. The van der Waals surface area contributed by atoms with E-state index < -0.39 is 10.0 Å². The van der Waals surface area contributed by atoms with E-state index in [0.29, 0.717) is 43.2 Å². The Morgan fingerprint density at radius 1 is 1.00 bits per heavy atom. The maximum atomic E-state index is 13.0. The number of nitrogens with zero attached hydrogens (tertiary/aromatic N) is 2. The van der Waals surface area contributed by atoms with Crippen molar-refractivity contribution in [3.05, 3.63) is 64.7 Å².